The maximum Gasteiger partial charge on any atom is 0.316 e. The molecule has 0 bridgehead atoms. The zero-order valence-corrected chi connectivity index (χ0v) is 8.96. The number of benzene rings is 1. The third-order valence-electron chi connectivity index (χ3n) is 1.94. The Balaban J connectivity index is 2.44. The molecule has 1 atom stereocenters. The molecule has 1 N–H and O–H groups in total. The Kier molecular flexibility index (Phi) is 4.53. The van der Waals surface area contributed by atoms with Crippen LogP contribution in [0.2, 0.25) is 0 Å². The number of carboxylic acids is 1. The molecule has 0 aliphatic carbocycles. The molecule has 0 radical (unpaired) electrons. The first kappa shape index (κ1) is 11.1. The minimum absolute atomic E-state index is 0.282. The van der Waals surface area contributed by atoms with E-state index in [1.54, 1.807) is 0 Å². The second kappa shape index (κ2) is 5.70. The van der Waals surface area contributed by atoms with Gasteiger partial charge in [-0.15, -0.1) is 11.8 Å². The van der Waals surface area contributed by atoms with Crippen molar-refractivity contribution in [3.8, 4) is 0 Å². The van der Waals surface area contributed by atoms with Gasteiger partial charge in [0.25, 0.3) is 0 Å². The molecule has 1 rings (SSSR count). The van der Waals surface area contributed by atoms with Gasteiger partial charge in [-0.05, 0) is 12.0 Å². The number of carbonyl (C=O) groups is 1. The van der Waals surface area contributed by atoms with Gasteiger partial charge in [-0.3, -0.25) is 4.79 Å². The minimum Gasteiger partial charge on any atom is -0.480 e. The molecule has 0 fully saturated rings. The van der Waals surface area contributed by atoms with E-state index in [4.69, 9.17) is 5.11 Å². The summed E-state index contributed by atoms with van der Waals surface area (Å²) in [5.41, 5.74) is 1.18. The lowest BCUT2D eigenvalue weighted by Gasteiger charge is -2.08. The van der Waals surface area contributed by atoms with Gasteiger partial charge in [-0.25, -0.2) is 0 Å². The monoisotopic (exact) mass is 210 g/mol. The van der Waals surface area contributed by atoms with Crippen molar-refractivity contribution < 1.29 is 9.90 Å². The summed E-state index contributed by atoms with van der Waals surface area (Å²) >= 11 is 1.48. The third kappa shape index (κ3) is 3.42. The van der Waals surface area contributed by atoms with Crippen molar-refractivity contribution in [3.05, 3.63) is 35.9 Å². The second-order valence-corrected chi connectivity index (χ2v) is 4.22. The van der Waals surface area contributed by atoms with Crippen molar-refractivity contribution in [3.63, 3.8) is 0 Å². The maximum absolute atomic E-state index is 10.7. The molecule has 0 unspecified atom stereocenters. The standard InChI is InChI=1S/C11H14O2S/c1-2-10(11(12)13)14-8-9-6-4-3-5-7-9/h3-7,10H,2,8H2,1H3,(H,12,13)/t10-/m1/s1. The Morgan fingerprint density at radius 2 is 2.07 bits per heavy atom. The van der Waals surface area contributed by atoms with Gasteiger partial charge in [0.15, 0.2) is 0 Å². The molecular formula is C11H14O2S. The fraction of sp³-hybridized carbons (Fsp3) is 0.364. The zero-order chi connectivity index (χ0) is 10.4. The second-order valence-electron chi connectivity index (χ2n) is 3.03. The molecule has 3 heteroatoms. The van der Waals surface area contributed by atoms with E-state index in [2.05, 4.69) is 0 Å². The van der Waals surface area contributed by atoms with Crippen molar-refractivity contribution in [1.82, 2.24) is 0 Å². The van der Waals surface area contributed by atoms with E-state index in [0.717, 1.165) is 5.75 Å². The van der Waals surface area contributed by atoms with E-state index >= 15 is 0 Å². The fourth-order valence-corrected chi connectivity index (χ4v) is 2.10. The molecule has 14 heavy (non-hydrogen) atoms. The summed E-state index contributed by atoms with van der Waals surface area (Å²) in [7, 11) is 0. The smallest absolute Gasteiger partial charge is 0.316 e. The largest absolute Gasteiger partial charge is 0.480 e. The first-order valence-electron chi connectivity index (χ1n) is 4.62. The molecular weight excluding hydrogens is 196 g/mol. The highest BCUT2D eigenvalue weighted by atomic mass is 32.2. The summed E-state index contributed by atoms with van der Waals surface area (Å²) in [6.07, 6.45) is 0.673. The molecule has 0 saturated carbocycles. The van der Waals surface area contributed by atoms with E-state index in [1.807, 2.05) is 37.3 Å². The van der Waals surface area contributed by atoms with Crippen LogP contribution in [0.5, 0.6) is 0 Å². The molecule has 0 amide bonds. The van der Waals surface area contributed by atoms with Crippen LogP contribution in [0.1, 0.15) is 18.9 Å². The van der Waals surface area contributed by atoms with E-state index in [1.165, 1.54) is 17.3 Å². The van der Waals surface area contributed by atoms with Gasteiger partial charge < -0.3 is 5.11 Å². The van der Waals surface area contributed by atoms with Crippen LogP contribution in [0.4, 0.5) is 0 Å². The molecule has 0 aliphatic heterocycles. The highest BCUT2D eigenvalue weighted by molar-refractivity contribution is 7.99. The van der Waals surface area contributed by atoms with Crippen LogP contribution in [0.25, 0.3) is 0 Å². The molecule has 1 aromatic carbocycles. The van der Waals surface area contributed by atoms with Crippen LogP contribution >= 0.6 is 11.8 Å². The van der Waals surface area contributed by atoms with Gasteiger partial charge in [-0.1, -0.05) is 37.3 Å². The third-order valence-corrected chi connectivity index (χ3v) is 3.38. The average molecular weight is 210 g/mol. The van der Waals surface area contributed by atoms with Gasteiger partial charge in [0.2, 0.25) is 0 Å². The van der Waals surface area contributed by atoms with Crippen LogP contribution in [-0.2, 0) is 10.5 Å². The number of hydrogen-bond acceptors (Lipinski definition) is 2. The molecule has 0 saturated heterocycles. The Hall–Kier alpha value is -0.960. The summed E-state index contributed by atoms with van der Waals surface area (Å²) in [5, 5.41) is 8.55. The molecule has 2 nitrogen and oxygen atoms in total. The lowest BCUT2D eigenvalue weighted by molar-refractivity contribution is -0.136. The first-order valence-corrected chi connectivity index (χ1v) is 5.67. The number of hydrogen-bond donors (Lipinski definition) is 1. The normalized spacial score (nSPS) is 12.4. The van der Waals surface area contributed by atoms with Crippen molar-refractivity contribution in [2.75, 3.05) is 0 Å². The van der Waals surface area contributed by atoms with Crippen molar-refractivity contribution >= 4 is 17.7 Å². The van der Waals surface area contributed by atoms with Gasteiger partial charge in [-0.2, -0.15) is 0 Å². The van der Waals surface area contributed by atoms with Crippen LogP contribution < -0.4 is 0 Å². The van der Waals surface area contributed by atoms with E-state index in [9.17, 15) is 4.79 Å². The lowest BCUT2D eigenvalue weighted by Crippen LogP contribution is -2.14. The fourth-order valence-electron chi connectivity index (χ4n) is 1.13. The molecule has 0 heterocycles. The highest BCUT2D eigenvalue weighted by Gasteiger charge is 2.14. The number of aliphatic carboxylic acids is 1. The van der Waals surface area contributed by atoms with Gasteiger partial charge in [0, 0.05) is 5.75 Å². The van der Waals surface area contributed by atoms with Crippen LogP contribution in [0.3, 0.4) is 0 Å². The topological polar surface area (TPSA) is 37.3 Å². The van der Waals surface area contributed by atoms with Crippen molar-refractivity contribution in [2.24, 2.45) is 0 Å². The van der Waals surface area contributed by atoms with E-state index < -0.39 is 5.97 Å². The van der Waals surface area contributed by atoms with Crippen molar-refractivity contribution in [2.45, 2.75) is 24.3 Å². The van der Waals surface area contributed by atoms with Gasteiger partial charge in [0.05, 0.1) is 0 Å². The highest BCUT2D eigenvalue weighted by Crippen LogP contribution is 2.20. The molecule has 1 aromatic rings. The van der Waals surface area contributed by atoms with Crippen LogP contribution in [-0.4, -0.2) is 16.3 Å². The number of carboxylic acid groups (broad SMARTS) is 1. The zero-order valence-electron chi connectivity index (χ0n) is 8.14. The average Bonchev–Trinajstić information content (AvgIpc) is 2.20. The molecule has 0 spiro atoms. The first-order chi connectivity index (χ1) is 6.74. The summed E-state index contributed by atoms with van der Waals surface area (Å²) in [5.74, 6) is 0.0551. The Bertz CT molecular complexity index is 285. The van der Waals surface area contributed by atoms with Crippen LogP contribution in [0, 0.1) is 0 Å². The number of thioether (sulfide) groups is 1. The SMILES string of the molecule is CC[C@@H](SCc1ccccc1)C(=O)O. The Labute approximate surface area is 88.3 Å². The quantitative estimate of drug-likeness (QED) is 0.812. The lowest BCUT2D eigenvalue weighted by atomic mass is 10.2. The van der Waals surface area contributed by atoms with Crippen LogP contribution in [0.15, 0.2) is 30.3 Å². The number of rotatable bonds is 5. The van der Waals surface area contributed by atoms with Crippen molar-refractivity contribution in [1.29, 1.82) is 0 Å². The summed E-state index contributed by atoms with van der Waals surface area (Å²) in [6.45, 7) is 1.90. The minimum atomic E-state index is -0.714. The van der Waals surface area contributed by atoms with E-state index in [-0.39, 0.29) is 5.25 Å². The van der Waals surface area contributed by atoms with E-state index in [0.29, 0.717) is 6.42 Å². The summed E-state index contributed by atoms with van der Waals surface area (Å²) in [4.78, 5) is 10.7. The molecule has 0 aromatic heterocycles. The van der Waals surface area contributed by atoms with Gasteiger partial charge >= 0.3 is 5.97 Å². The predicted molar refractivity (Wildman–Crippen MR) is 59.5 cm³/mol. The molecule has 0 aliphatic rings. The van der Waals surface area contributed by atoms with Gasteiger partial charge in [0.1, 0.15) is 5.25 Å². The summed E-state index contributed by atoms with van der Waals surface area (Å²) in [6, 6.07) is 9.93. The Morgan fingerprint density at radius 3 is 2.57 bits per heavy atom. The maximum atomic E-state index is 10.7. The predicted octanol–water partition coefficient (Wildman–Crippen LogP) is 2.78. The Morgan fingerprint density at radius 1 is 1.43 bits per heavy atom. The summed E-state index contributed by atoms with van der Waals surface area (Å²) < 4.78 is 0. The molecule has 76 valence electrons.